The SMILES string of the molecule is COc1cccc(OCNC(=O)NO)c1.c1cc2ccc1=2. The normalized spacial score (nSPS) is 9.81. The predicted octanol–water partition coefficient (Wildman–Crippen LogP) is 2.01. The lowest BCUT2D eigenvalue weighted by atomic mass is 10.1. The van der Waals surface area contributed by atoms with Gasteiger partial charge in [0, 0.05) is 6.07 Å². The molecule has 6 nitrogen and oxygen atoms in total. The first-order valence-electron chi connectivity index (χ1n) is 6.28. The van der Waals surface area contributed by atoms with Crippen LogP contribution in [0.25, 0.3) is 0 Å². The topological polar surface area (TPSA) is 79.8 Å². The van der Waals surface area contributed by atoms with Gasteiger partial charge < -0.3 is 14.8 Å². The van der Waals surface area contributed by atoms with E-state index in [0.717, 1.165) is 0 Å². The van der Waals surface area contributed by atoms with E-state index in [0.29, 0.717) is 11.5 Å². The summed E-state index contributed by atoms with van der Waals surface area (Å²) in [5.41, 5.74) is 1.42. The van der Waals surface area contributed by atoms with Gasteiger partial charge in [-0.2, -0.15) is 0 Å². The molecule has 21 heavy (non-hydrogen) atoms. The second-order valence-electron chi connectivity index (χ2n) is 4.16. The molecule has 1 aromatic carbocycles. The molecule has 0 fully saturated rings. The summed E-state index contributed by atoms with van der Waals surface area (Å²) in [4.78, 5) is 10.5. The Labute approximate surface area is 121 Å². The molecule has 2 aliphatic rings. The summed E-state index contributed by atoms with van der Waals surface area (Å²) in [6.07, 6.45) is 0. The van der Waals surface area contributed by atoms with Gasteiger partial charge in [0.15, 0.2) is 6.73 Å². The number of carbonyl (C=O) groups excluding carboxylic acids is 1. The maximum Gasteiger partial charge on any atom is 0.341 e. The monoisotopic (exact) mass is 288 g/mol. The Morgan fingerprint density at radius 2 is 1.71 bits per heavy atom. The van der Waals surface area contributed by atoms with Crippen LogP contribution in [0.2, 0.25) is 0 Å². The molecule has 0 aromatic heterocycles. The first-order valence-corrected chi connectivity index (χ1v) is 6.28. The molecule has 0 unspecified atom stereocenters. The molecular formula is C15H16N2O4. The van der Waals surface area contributed by atoms with E-state index >= 15 is 0 Å². The van der Waals surface area contributed by atoms with E-state index in [2.05, 4.69) is 29.6 Å². The van der Waals surface area contributed by atoms with Gasteiger partial charge in [-0.15, -0.1) is 0 Å². The van der Waals surface area contributed by atoms with Crippen LogP contribution in [0, 0.1) is 10.4 Å². The largest absolute Gasteiger partial charge is 0.497 e. The van der Waals surface area contributed by atoms with Crippen molar-refractivity contribution >= 4 is 6.03 Å². The standard InChI is InChI=1S/C9H12N2O4.C6H4/c1-14-7-3-2-4-8(5-7)15-6-10-9(12)11-13;1-2-6-4-3-5(1)6/h2-5,13H,6H2,1H3,(H2,10,11,12);1-4H. The smallest absolute Gasteiger partial charge is 0.341 e. The Kier molecular flexibility index (Phi) is 5.00. The van der Waals surface area contributed by atoms with Gasteiger partial charge in [-0.05, 0) is 22.6 Å². The van der Waals surface area contributed by atoms with Crippen LogP contribution in [0.3, 0.4) is 0 Å². The number of rotatable bonds is 4. The second-order valence-corrected chi connectivity index (χ2v) is 4.16. The van der Waals surface area contributed by atoms with Crippen molar-refractivity contribution in [3.63, 3.8) is 0 Å². The summed E-state index contributed by atoms with van der Waals surface area (Å²) < 4.78 is 10.1. The van der Waals surface area contributed by atoms with Crippen molar-refractivity contribution in [2.75, 3.05) is 13.8 Å². The van der Waals surface area contributed by atoms with Crippen molar-refractivity contribution in [3.8, 4) is 11.5 Å². The predicted molar refractivity (Wildman–Crippen MR) is 76.1 cm³/mol. The summed E-state index contributed by atoms with van der Waals surface area (Å²) in [6.45, 7) is -0.0421. The zero-order valence-electron chi connectivity index (χ0n) is 11.5. The molecule has 1 aromatic rings. The van der Waals surface area contributed by atoms with Crippen LogP contribution >= 0.6 is 0 Å². The van der Waals surface area contributed by atoms with Crippen molar-refractivity contribution in [1.82, 2.24) is 10.8 Å². The third-order valence-corrected chi connectivity index (χ3v) is 2.83. The summed E-state index contributed by atoms with van der Waals surface area (Å²) in [6, 6.07) is 14.7. The van der Waals surface area contributed by atoms with Crippen LogP contribution in [-0.2, 0) is 0 Å². The molecule has 0 atom stereocenters. The van der Waals surface area contributed by atoms with Gasteiger partial charge in [0.2, 0.25) is 0 Å². The average molecular weight is 288 g/mol. The molecule has 0 bridgehead atoms. The molecule has 110 valence electrons. The zero-order chi connectivity index (χ0) is 15.1. The summed E-state index contributed by atoms with van der Waals surface area (Å²) >= 11 is 0. The number of urea groups is 1. The van der Waals surface area contributed by atoms with Crippen LogP contribution in [0.5, 0.6) is 11.5 Å². The van der Waals surface area contributed by atoms with Crippen LogP contribution in [0.1, 0.15) is 0 Å². The van der Waals surface area contributed by atoms with Crippen LogP contribution in [-0.4, -0.2) is 25.1 Å². The van der Waals surface area contributed by atoms with E-state index < -0.39 is 6.03 Å². The molecule has 0 heterocycles. The highest BCUT2D eigenvalue weighted by Gasteiger charge is 1.98. The highest BCUT2D eigenvalue weighted by atomic mass is 16.5. The molecule has 0 saturated carbocycles. The highest BCUT2D eigenvalue weighted by molar-refractivity contribution is 5.72. The number of hydrogen-bond donors (Lipinski definition) is 3. The quantitative estimate of drug-likeness (QED) is 0.390. The van der Waals surface area contributed by atoms with Gasteiger partial charge in [-0.25, -0.2) is 10.3 Å². The lowest BCUT2D eigenvalue weighted by Gasteiger charge is -2.07. The number of amides is 2. The molecule has 0 aliphatic heterocycles. The first-order chi connectivity index (χ1) is 10.2. The maximum atomic E-state index is 10.5. The van der Waals surface area contributed by atoms with Gasteiger partial charge in [-0.3, -0.25) is 5.21 Å². The van der Waals surface area contributed by atoms with Crippen molar-refractivity contribution in [2.45, 2.75) is 0 Å². The van der Waals surface area contributed by atoms with Crippen LogP contribution < -0.4 is 20.3 Å². The Bertz CT molecular complexity index is 653. The lowest BCUT2D eigenvalue weighted by Crippen LogP contribution is -2.35. The molecule has 2 amide bonds. The molecule has 2 aliphatic carbocycles. The molecule has 6 heteroatoms. The van der Waals surface area contributed by atoms with Crippen molar-refractivity contribution in [3.05, 3.63) is 59.0 Å². The lowest BCUT2D eigenvalue weighted by molar-refractivity contribution is 0.154. The number of nitrogens with one attached hydrogen (secondary N) is 2. The summed E-state index contributed by atoms with van der Waals surface area (Å²) in [7, 11) is 1.55. The fraction of sp³-hybridized carbons (Fsp3) is 0.133. The van der Waals surface area contributed by atoms with E-state index in [1.807, 2.05) is 0 Å². The fourth-order valence-corrected chi connectivity index (χ4v) is 1.58. The van der Waals surface area contributed by atoms with Gasteiger partial charge in [0.1, 0.15) is 11.5 Å². The minimum atomic E-state index is -0.724. The maximum absolute atomic E-state index is 10.5. The zero-order valence-corrected chi connectivity index (χ0v) is 11.5. The summed E-state index contributed by atoms with van der Waals surface area (Å²) in [5, 5.41) is 13.3. The Balaban J connectivity index is 0.000000218. The Morgan fingerprint density at radius 3 is 2.19 bits per heavy atom. The number of ether oxygens (including phenoxy) is 2. The summed E-state index contributed by atoms with van der Waals surface area (Å²) in [5.74, 6) is 1.23. The number of methoxy groups -OCH3 is 1. The van der Waals surface area contributed by atoms with Crippen molar-refractivity contribution in [1.29, 1.82) is 0 Å². The second kappa shape index (κ2) is 7.16. The van der Waals surface area contributed by atoms with Gasteiger partial charge in [-0.1, -0.05) is 30.3 Å². The number of hydroxylamine groups is 1. The highest BCUT2D eigenvalue weighted by Crippen LogP contribution is 2.18. The number of hydrogen-bond acceptors (Lipinski definition) is 4. The molecule has 0 spiro atoms. The van der Waals surface area contributed by atoms with Crippen LogP contribution in [0.4, 0.5) is 4.79 Å². The molecule has 0 radical (unpaired) electrons. The number of benzene rings is 2. The van der Waals surface area contributed by atoms with Crippen LogP contribution in [0.15, 0.2) is 48.5 Å². The Hall–Kier alpha value is -2.73. The minimum Gasteiger partial charge on any atom is -0.497 e. The molecule has 0 saturated heterocycles. The third kappa shape index (κ3) is 4.12. The molecule has 3 N–H and O–H groups in total. The van der Waals surface area contributed by atoms with E-state index in [9.17, 15) is 4.79 Å². The minimum absolute atomic E-state index is 0.0421. The molecule has 3 rings (SSSR count). The number of carbonyl (C=O) groups is 1. The average Bonchev–Trinajstić information content (AvgIpc) is 2.51. The molecular weight excluding hydrogens is 272 g/mol. The third-order valence-electron chi connectivity index (χ3n) is 2.83. The first kappa shape index (κ1) is 14.7. The van der Waals surface area contributed by atoms with E-state index in [4.69, 9.17) is 14.7 Å². The van der Waals surface area contributed by atoms with Gasteiger partial charge in [0.25, 0.3) is 0 Å². The van der Waals surface area contributed by atoms with E-state index in [1.165, 1.54) is 15.9 Å². The van der Waals surface area contributed by atoms with E-state index in [1.54, 1.807) is 31.4 Å². The Morgan fingerprint density at radius 1 is 1.10 bits per heavy atom. The fourth-order valence-electron chi connectivity index (χ4n) is 1.58. The van der Waals surface area contributed by atoms with E-state index in [-0.39, 0.29) is 6.73 Å². The van der Waals surface area contributed by atoms with Gasteiger partial charge in [0.05, 0.1) is 7.11 Å². The van der Waals surface area contributed by atoms with Crippen molar-refractivity contribution < 1.29 is 19.5 Å². The van der Waals surface area contributed by atoms with Crippen molar-refractivity contribution in [2.24, 2.45) is 0 Å². The van der Waals surface area contributed by atoms with Gasteiger partial charge >= 0.3 is 6.03 Å².